The van der Waals surface area contributed by atoms with E-state index in [9.17, 15) is 9.90 Å². The summed E-state index contributed by atoms with van der Waals surface area (Å²) in [5.41, 5.74) is 1.17. The van der Waals surface area contributed by atoms with Crippen molar-refractivity contribution in [3.8, 4) is 0 Å². The molecule has 100 valence electrons. The summed E-state index contributed by atoms with van der Waals surface area (Å²) < 4.78 is 0. The molecule has 0 spiro atoms. The largest absolute Gasteiger partial charge is 0.394 e. The molecule has 0 aliphatic rings. The molecular formula is C14H21NO2S. The Morgan fingerprint density at radius 1 is 1.56 bits per heavy atom. The van der Waals surface area contributed by atoms with Crippen molar-refractivity contribution in [2.24, 2.45) is 5.92 Å². The molecule has 0 bridgehead atoms. The van der Waals surface area contributed by atoms with Crippen molar-refractivity contribution in [2.45, 2.75) is 33.2 Å². The summed E-state index contributed by atoms with van der Waals surface area (Å²) in [6.45, 7) is 6.14. The lowest BCUT2D eigenvalue weighted by Gasteiger charge is -2.17. The topological polar surface area (TPSA) is 49.3 Å². The predicted octanol–water partition coefficient (Wildman–Crippen LogP) is 2.59. The summed E-state index contributed by atoms with van der Waals surface area (Å²) in [7, 11) is 0. The third-order valence-corrected chi connectivity index (χ3v) is 3.59. The minimum Gasteiger partial charge on any atom is -0.394 e. The second-order valence-corrected chi connectivity index (χ2v) is 5.77. The van der Waals surface area contributed by atoms with E-state index in [0.29, 0.717) is 5.92 Å². The van der Waals surface area contributed by atoms with Gasteiger partial charge in [-0.3, -0.25) is 4.79 Å². The highest BCUT2D eigenvalue weighted by atomic mass is 32.1. The van der Waals surface area contributed by atoms with E-state index in [-0.39, 0.29) is 18.6 Å². The maximum absolute atomic E-state index is 11.7. The first kappa shape index (κ1) is 14.9. The highest BCUT2D eigenvalue weighted by Gasteiger charge is 2.11. The Hall–Kier alpha value is -1.13. The first-order valence-corrected chi connectivity index (χ1v) is 7.04. The highest BCUT2D eigenvalue weighted by molar-refractivity contribution is 7.11. The van der Waals surface area contributed by atoms with E-state index in [1.165, 1.54) is 11.6 Å². The van der Waals surface area contributed by atoms with Gasteiger partial charge in [-0.05, 0) is 42.3 Å². The number of aryl methyl sites for hydroxylation is 1. The minimum absolute atomic E-state index is 0.0181. The van der Waals surface area contributed by atoms with Crippen LogP contribution in [-0.4, -0.2) is 23.7 Å². The molecule has 1 aromatic heterocycles. The summed E-state index contributed by atoms with van der Waals surface area (Å²) in [4.78, 5) is 12.8. The molecule has 1 rings (SSSR count). The Bertz CT molecular complexity index is 410. The summed E-state index contributed by atoms with van der Waals surface area (Å²) in [6, 6.07) is 1.86. The summed E-state index contributed by atoms with van der Waals surface area (Å²) in [5, 5.41) is 14.0. The van der Waals surface area contributed by atoms with Gasteiger partial charge in [0.25, 0.3) is 0 Å². The lowest BCUT2D eigenvalue weighted by atomic mass is 10.0. The summed E-state index contributed by atoms with van der Waals surface area (Å²) in [5.74, 6) is 0.300. The van der Waals surface area contributed by atoms with Gasteiger partial charge >= 0.3 is 0 Å². The van der Waals surface area contributed by atoms with Crippen molar-refractivity contribution >= 4 is 23.3 Å². The Kier molecular flexibility index (Phi) is 6.09. The number of thiophene rings is 1. The molecule has 4 heteroatoms. The van der Waals surface area contributed by atoms with Crippen LogP contribution in [-0.2, 0) is 4.79 Å². The van der Waals surface area contributed by atoms with Crippen LogP contribution in [0.1, 0.15) is 30.7 Å². The third-order valence-electron chi connectivity index (χ3n) is 2.61. The van der Waals surface area contributed by atoms with Crippen LogP contribution in [0.5, 0.6) is 0 Å². The number of hydrogen-bond acceptors (Lipinski definition) is 3. The van der Waals surface area contributed by atoms with Gasteiger partial charge in [-0.25, -0.2) is 0 Å². The molecule has 1 aromatic rings. The van der Waals surface area contributed by atoms with Crippen LogP contribution in [0.4, 0.5) is 0 Å². The van der Waals surface area contributed by atoms with Gasteiger partial charge < -0.3 is 10.4 Å². The van der Waals surface area contributed by atoms with Crippen molar-refractivity contribution in [2.75, 3.05) is 6.61 Å². The molecule has 0 fully saturated rings. The van der Waals surface area contributed by atoms with E-state index in [4.69, 9.17) is 0 Å². The average Bonchev–Trinajstić information content (AvgIpc) is 2.70. The molecular weight excluding hydrogens is 246 g/mol. The number of nitrogens with one attached hydrogen (secondary N) is 1. The first-order valence-electron chi connectivity index (χ1n) is 6.16. The number of aliphatic hydroxyl groups is 1. The SMILES string of the molecule is Cc1ccsc1C=CC(=O)NC(CO)CC(C)C. The van der Waals surface area contributed by atoms with Crippen LogP contribution >= 0.6 is 11.3 Å². The molecule has 3 nitrogen and oxygen atoms in total. The zero-order chi connectivity index (χ0) is 13.5. The number of aliphatic hydroxyl groups excluding tert-OH is 1. The molecule has 1 atom stereocenters. The normalized spacial score (nSPS) is 13.2. The standard InChI is InChI=1S/C14H21NO2S/c1-10(2)8-12(9-16)15-14(17)5-4-13-11(3)6-7-18-13/h4-7,10,12,16H,8-9H2,1-3H3,(H,15,17). The lowest BCUT2D eigenvalue weighted by Crippen LogP contribution is -2.37. The Morgan fingerprint density at radius 3 is 2.78 bits per heavy atom. The van der Waals surface area contributed by atoms with E-state index >= 15 is 0 Å². The van der Waals surface area contributed by atoms with Crippen molar-refractivity contribution in [3.63, 3.8) is 0 Å². The third kappa shape index (κ3) is 5.02. The van der Waals surface area contributed by atoms with E-state index in [2.05, 4.69) is 19.2 Å². The molecule has 1 amide bonds. The van der Waals surface area contributed by atoms with Crippen molar-refractivity contribution in [1.29, 1.82) is 0 Å². The van der Waals surface area contributed by atoms with Gasteiger partial charge in [0.2, 0.25) is 5.91 Å². The Labute approximate surface area is 113 Å². The smallest absolute Gasteiger partial charge is 0.244 e. The van der Waals surface area contributed by atoms with Gasteiger partial charge in [0.15, 0.2) is 0 Å². The predicted molar refractivity (Wildman–Crippen MR) is 76.6 cm³/mol. The quantitative estimate of drug-likeness (QED) is 0.778. The van der Waals surface area contributed by atoms with Crippen LogP contribution < -0.4 is 5.32 Å². The molecule has 0 aromatic carbocycles. The maximum atomic E-state index is 11.7. The minimum atomic E-state index is -0.161. The summed E-state index contributed by atoms with van der Waals surface area (Å²) in [6.07, 6.45) is 4.13. The lowest BCUT2D eigenvalue weighted by molar-refractivity contribution is -0.117. The number of rotatable bonds is 6. The maximum Gasteiger partial charge on any atom is 0.244 e. The Balaban J connectivity index is 2.50. The van der Waals surface area contributed by atoms with Crippen LogP contribution in [0, 0.1) is 12.8 Å². The molecule has 0 saturated heterocycles. The van der Waals surface area contributed by atoms with Crippen LogP contribution in [0.15, 0.2) is 17.5 Å². The van der Waals surface area contributed by atoms with Crippen LogP contribution in [0.3, 0.4) is 0 Å². The van der Waals surface area contributed by atoms with Crippen LogP contribution in [0.2, 0.25) is 0 Å². The van der Waals surface area contributed by atoms with E-state index in [0.717, 1.165) is 11.3 Å². The van der Waals surface area contributed by atoms with E-state index in [1.54, 1.807) is 11.3 Å². The van der Waals surface area contributed by atoms with Crippen molar-refractivity contribution < 1.29 is 9.90 Å². The van der Waals surface area contributed by atoms with Gasteiger partial charge in [-0.2, -0.15) is 0 Å². The van der Waals surface area contributed by atoms with Gasteiger partial charge in [0.1, 0.15) is 0 Å². The number of carbonyl (C=O) groups is 1. The monoisotopic (exact) mass is 267 g/mol. The first-order chi connectivity index (χ1) is 8.52. The fourth-order valence-electron chi connectivity index (χ4n) is 1.70. The number of carbonyl (C=O) groups excluding carboxylic acids is 1. The second kappa shape index (κ2) is 7.34. The molecule has 18 heavy (non-hydrogen) atoms. The molecule has 0 radical (unpaired) electrons. The fourth-order valence-corrected chi connectivity index (χ4v) is 2.52. The number of hydrogen-bond donors (Lipinski definition) is 2. The average molecular weight is 267 g/mol. The second-order valence-electron chi connectivity index (χ2n) is 4.82. The number of amides is 1. The highest BCUT2D eigenvalue weighted by Crippen LogP contribution is 2.16. The Morgan fingerprint density at radius 2 is 2.28 bits per heavy atom. The fraction of sp³-hybridized carbons (Fsp3) is 0.500. The van der Waals surface area contributed by atoms with E-state index in [1.807, 2.05) is 24.4 Å². The van der Waals surface area contributed by atoms with Crippen molar-refractivity contribution in [1.82, 2.24) is 5.32 Å². The molecule has 0 aliphatic carbocycles. The zero-order valence-electron chi connectivity index (χ0n) is 11.1. The van der Waals surface area contributed by atoms with Gasteiger partial charge in [-0.1, -0.05) is 13.8 Å². The molecule has 0 aliphatic heterocycles. The molecule has 2 N–H and O–H groups in total. The molecule has 1 unspecified atom stereocenters. The van der Waals surface area contributed by atoms with E-state index < -0.39 is 0 Å². The van der Waals surface area contributed by atoms with Crippen LogP contribution in [0.25, 0.3) is 6.08 Å². The molecule has 1 heterocycles. The zero-order valence-corrected chi connectivity index (χ0v) is 12.0. The van der Waals surface area contributed by atoms with Gasteiger partial charge in [-0.15, -0.1) is 11.3 Å². The molecule has 0 saturated carbocycles. The summed E-state index contributed by atoms with van der Waals surface area (Å²) >= 11 is 1.61. The van der Waals surface area contributed by atoms with Gasteiger partial charge in [0, 0.05) is 11.0 Å². The van der Waals surface area contributed by atoms with Gasteiger partial charge in [0.05, 0.1) is 12.6 Å². The van der Waals surface area contributed by atoms with Crippen molar-refractivity contribution in [3.05, 3.63) is 28.0 Å².